The number of rotatable bonds is 7. The van der Waals surface area contributed by atoms with Gasteiger partial charge in [0, 0.05) is 24.7 Å². The Hall–Kier alpha value is -1.91. The maximum Gasteiger partial charge on any atom is 0.277 e. The minimum absolute atomic E-state index is 0.106. The summed E-state index contributed by atoms with van der Waals surface area (Å²) >= 11 is 1.17. The zero-order chi connectivity index (χ0) is 20.4. The van der Waals surface area contributed by atoms with Crippen LogP contribution >= 0.6 is 11.8 Å². The van der Waals surface area contributed by atoms with E-state index in [1.807, 2.05) is 0 Å². The number of hydrogen-bond donors (Lipinski definition) is 1. The third-order valence-electron chi connectivity index (χ3n) is 5.08. The summed E-state index contributed by atoms with van der Waals surface area (Å²) in [7, 11) is -3.56. The number of thioether (sulfide) groups is 1. The fraction of sp³-hybridized carbons (Fsp3) is 0.526. The second-order valence-corrected chi connectivity index (χ2v) is 10.3. The summed E-state index contributed by atoms with van der Waals surface area (Å²) in [5, 5.41) is 11.1. The molecule has 0 radical (unpaired) electrons. The monoisotopic (exact) mass is 436 g/mol. The third-order valence-corrected chi connectivity index (χ3v) is 7.94. The average molecular weight is 437 g/mol. The van der Waals surface area contributed by atoms with Crippen LogP contribution in [0.15, 0.2) is 32.7 Å². The van der Waals surface area contributed by atoms with Crippen LogP contribution in [0, 0.1) is 6.92 Å². The lowest BCUT2D eigenvalue weighted by Gasteiger charge is -2.26. The quantitative estimate of drug-likeness (QED) is 0.665. The number of aromatic nitrogens is 2. The van der Waals surface area contributed by atoms with Crippen molar-refractivity contribution in [2.75, 3.05) is 24.2 Å². The van der Waals surface area contributed by atoms with Gasteiger partial charge >= 0.3 is 0 Å². The minimum Gasteiger partial charge on any atom is -0.416 e. The molecule has 1 aliphatic carbocycles. The van der Waals surface area contributed by atoms with Gasteiger partial charge in [0.15, 0.2) is 0 Å². The molecule has 2 aliphatic rings. The lowest BCUT2D eigenvalue weighted by atomic mass is 10.2. The maximum absolute atomic E-state index is 13.0. The minimum atomic E-state index is -3.56. The molecule has 1 aromatic carbocycles. The van der Waals surface area contributed by atoms with E-state index in [4.69, 9.17) is 4.42 Å². The van der Waals surface area contributed by atoms with Crippen molar-refractivity contribution >= 4 is 33.4 Å². The van der Waals surface area contributed by atoms with Crippen molar-refractivity contribution in [3.05, 3.63) is 29.7 Å². The maximum atomic E-state index is 13.0. The second-order valence-electron chi connectivity index (χ2n) is 7.46. The molecule has 29 heavy (non-hydrogen) atoms. The molecule has 2 fully saturated rings. The molecule has 1 aliphatic heterocycles. The van der Waals surface area contributed by atoms with Crippen LogP contribution in [-0.2, 0) is 14.8 Å². The van der Waals surface area contributed by atoms with Crippen LogP contribution < -0.4 is 5.32 Å². The average Bonchev–Trinajstić information content (AvgIpc) is 3.46. The molecule has 1 saturated heterocycles. The van der Waals surface area contributed by atoms with Crippen molar-refractivity contribution in [2.45, 2.75) is 55.1 Å². The first-order valence-corrected chi connectivity index (χ1v) is 12.2. The molecule has 8 nitrogen and oxygen atoms in total. The van der Waals surface area contributed by atoms with Gasteiger partial charge in [-0.05, 0) is 50.3 Å². The zero-order valence-electron chi connectivity index (χ0n) is 16.3. The van der Waals surface area contributed by atoms with Gasteiger partial charge in [0.2, 0.25) is 21.8 Å². The normalized spacial score (nSPS) is 18.0. The first kappa shape index (κ1) is 20.4. The molecular weight excluding hydrogens is 412 g/mol. The van der Waals surface area contributed by atoms with Crippen LogP contribution in [0.4, 0.5) is 5.69 Å². The molecule has 0 bridgehead atoms. The molecule has 2 heterocycles. The largest absolute Gasteiger partial charge is 0.416 e. The van der Waals surface area contributed by atoms with Gasteiger partial charge in [-0.1, -0.05) is 24.2 Å². The molecule has 1 saturated carbocycles. The standard InChI is InChI=1S/C19H24N4O4S2/c1-13-5-8-15(11-16(13)29(25,26)23-9-3-2-4-10-23)20-17(24)12-28-19-22-21-18(27-19)14-6-7-14/h5,8,11,14H,2-4,6-7,9-10,12H2,1H3,(H,20,24). The van der Waals surface area contributed by atoms with Crippen LogP contribution in [0.2, 0.25) is 0 Å². The fourth-order valence-electron chi connectivity index (χ4n) is 3.30. The summed E-state index contributed by atoms with van der Waals surface area (Å²) in [6.07, 6.45) is 4.96. The molecule has 1 aromatic heterocycles. The van der Waals surface area contributed by atoms with E-state index in [1.54, 1.807) is 25.1 Å². The lowest BCUT2D eigenvalue weighted by Crippen LogP contribution is -2.36. The number of nitrogens with one attached hydrogen (secondary N) is 1. The molecule has 2 aromatic rings. The second kappa shape index (κ2) is 8.45. The molecule has 1 N–H and O–H groups in total. The van der Waals surface area contributed by atoms with Crippen molar-refractivity contribution < 1.29 is 17.6 Å². The predicted molar refractivity (Wildman–Crippen MR) is 109 cm³/mol. The van der Waals surface area contributed by atoms with Crippen molar-refractivity contribution in [2.24, 2.45) is 0 Å². The van der Waals surface area contributed by atoms with Crippen LogP contribution in [0.1, 0.15) is 49.5 Å². The topological polar surface area (TPSA) is 105 Å². The highest BCUT2D eigenvalue weighted by Gasteiger charge is 2.30. The number of piperidine rings is 1. The SMILES string of the molecule is Cc1ccc(NC(=O)CSc2nnc(C3CC3)o2)cc1S(=O)(=O)N1CCCCC1. The molecule has 156 valence electrons. The highest BCUT2D eigenvalue weighted by atomic mass is 32.2. The number of anilines is 1. The van der Waals surface area contributed by atoms with Crippen molar-refractivity contribution in [1.29, 1.82) is 0 Å². The highest BCUT2D eigenvalue weighted by molar-refractivity contribution is 7.99. The number of sulfonamides is 1. The van der Waals surface area contributed by atoms with E-state index in [2.05, 4.69) is 15.5 Å². The van der Waals surface area contributed by atoms with E-state index in [0.29, 0.717) is 41.4 Å². The van der Waals surface area contributed by atoms with Gasteiger partial charge < -0.3 is 9.73 Å². The molecule has 0 unspecified atom stereocenters. The number of amides is 1. The Morgan fingerprint density at radius 1 is 1.24 bits per heavy atom. The van der Waals surface area contributed by atoms with Crippen LogP contribution in [0.25, 0.3) is 0 Å². The van der Waals surface area contributed by atoms with Gasteiger partial charge in [-0.25, -0.2) is 8.42 Å². The van der Waals surface area contributed by atoms with Crippen molar-refractivity contribution in [3.8, 4) is 0 Å². The van der Waals surface area contributed by atoms with Gasteiger partial charge in [0.25, 0.3) is 5.22 Å². The van der Waals surface area contributed by atoms with Crippen molar-refractivity contribution in [3.63, 3.8) is 0 Å². The van der Waals surface area contributed by atoms with Crippen LogP contribution in [0.5, 0.6) is 0 Å². The van der Waals surface area contributed by atoms with Gasteiger partial charge in [-0.2, -0.15) is 4.31 Å². The summed E-state index contributed by atoms with van der Waals surface area (Å²) in [6.45, 7) is 2.86. The van der Waals surface area contributed by atoms with Gasteiger partial charge in [-0.3, -0.25) is 4.79 Å². The lowest BCUT2D eigenvalue weighted by molar-refractivity contribution is -0.113. The summed E-state index contributed by atoms with van der Waals surface area (Å²) in [4.78, 5) is 12.6. The van der Waals surface area contributed by atoms with E-state index < -0.39 is 10.0 Å². The highest BCUT2D eigenvalue weighted by Crippen LogP contribution is 2.39. The van der Waals surface area contributed by atoms with Gasteiger partial charge in [0.1, 0.15) is 0 Å². The Bertz CT molecular complexity index is 995. The molecular formula is C19H24N4O4S2. The zero-order valence-corrected chi connectivity index (χ0v) is 17.9. The molecule has 4 rings (SSSR count). The van der Waals surface area contributed by atoms with Crippen LogP contribution in [-0.4, -0.2) is 47.7 Å². The predicted octanol–water partition coefficient (Wildman–Crippen LogP) is 3.16. The van der Waals surface area contributed by atoms with E-state index in [-0.39, 0.29) is 16.6 Å². The Morgan fingerprint density at radius 2 is 2.00 bits per heavy atom. The Balaban J connectivity index is 1.40. The summed E-state index contributed by atoms with van der Waals surface area (Å²) < 4.78 is 33.1. The van der Waals surface area contributed by atoms with Crippen molar-refractivity contribution in [1.82, 2.24) is 14.5 Å². The molecule has 1 amide bonds. The third kappa shape index (κ3) is 4.81. The molecule has 10 heteroatoms. The van der Waals surface area contributed by atoms with E-state index in [1.165, 1.54) is 16.1 Å². The van der Waals surface area contributed by atoms with Crippen LogP contribution in [0.3, 0.4) is 0 Å². The van der Waals surface area contributed by atoms with Gasteiger partial charge in [-0.15, -0.1) is 10.2 Å². The first-order chi connectivity index (χ1) is 13.9. The number of aryl methyl sites for hydroxylation is 1. The molecule has 0 atom stereocenters. The summed E-state index contributed by atoms with van der Waals surface area (Å²) in [5.41, 5.74) is 1.13. The van der Waals surface area contributed by atoms with E-state index in [0.717, 1.165) is 32.1 Å². The smallest absolute Gasteiger partial charge is 0.277 e. The number of carbonyl (C=O) groups excluding carboxylic acids is 1. The van der Waals surface area contributed by atoms with Gasteiger partial charge in [0.05, 0.1) is 10.6 Å². The van der Waals surface area contributed by atoms with E-state index in [9.17, 15) is 13.2 Å². The number of hydrogen-bond acceptors (Lipinski definition) is 7. The Kier molecular flexibility index (Phi) is 5.93. The number of carbonyl (C=O) groups is 1. The number of nitrogens with zero attached hydrogens (tertiary/aromatic N) is 3. The summed E-state index contributed by atoms with van der Waals surface area (Å²) in [5.74, 6) is 0.859. The first-order valence-electron chi connectivity index (χ1n) is 9.80. The van der Waals surface area contributed by atoms with E-state index >= 15 is 0 Å². The summed E-state index contributed by atoms with van der Waals surface area (Å²) in [6, 6.07) is 4.98. The Labute approximate surface area is 174 Å². The number of benzene rings is 1. The Morgan fingerprint density at radius 3 is 2.72 bits per heavy atom. The fourth-order valence-corrected chi connectivity index (χ4v) is 5.64. The molecule has 0 spiro atoms.